The van der Waals surface area contributed by atoms with Crippen LogP contribution < -0.4 is 4.90 Å². The largest absolute Gasteiger partial charge is 0.383 e. The SMILES string of the molecule is COC[C@@H]1CCC(=O)N1CC(=O)N(C)c1ccc2cc(-c3n[nH]c4c3CCC(C)(C)C4)[nH]c2c1. The van der Waals surface area contributed by atoms with Gasteiger partial charge in [0.15, 0.2) is 0 Å². The van der Waals surface area contributed by atoms with Crippen LogP contribution in [-0.4, -0.2) is 65.2 Å². The van der Waals surface area contributed by atoms with Crippen LogP contribution in [-0.2, 0) is 27.2 Å². The molecule has 1 aromatic carbocycles. The van der Waals surface area contributed by atoms with E-state index in [0.717, 1.165) is 53.7 Å². The lowest BCUT2D eigenvalue weighted by Crippen LogP contribution is -2.44. The molecule has 8 nitrogen and oxygen atoms in total. The average molecular weight is 464 g/mol. The minimum absolute atomic E-state index is 0.0129. The number of ether oxygens (including phenoxy) is 1. The lowest BCUT2D eigenvalue weighted by Gasteiger charge is -2.28. The summed E-state index contributed by atoms with van der Waals surface area (Å²) in [5, 5.41) is 8.96. The van der Waals surface area contributed by atoms with Crippen molar-refractivity contribution in [3.8, 4) is 11.4 Å². The van der Waals surface area contributed by atoms with Crippen molar-refractivity contribution in [3.05, 3.63) is 35.5 Å². The van der Waals surface area contributed by atoms with E-state index in [9.17, 15) is 9.59 Å². The van der Waals surface area contributed by atoms with Gasteiger partial charge in [0.2, 0.25) is 11.8 Å². The first-order valence-electron chi connectivity index (χ1n) is 12.0. The van der Waals surface area contributed by atoms with E-state index < -0.39 is 0 Å². The van der Waals surface area contributed by atoms with Gasteiger partial charge in [-0.15, -0.1) is 0 Å². The van der Waals surface area contributed by atoms with E-state index in [2.05, 4.69) is 35.1 Å². The predicted molar refractivity (Wildman–Crippen MR) is 132 cm³/mol. The van der Waals surface area contributed by atoms with Crippen molar-refractivity contribution < 1.29 is 14.3 Å². The third-order valence-corrected chi connectivity index (χ3v) is 7.40. The van der Waals surface area contributed by atoms with Crippen molar-refractivity contribution in [2.75, 3.05) is 32.2 Å². The van der Waals surface area contributed by atoms with Crippen molar-refractivity contribution in [1.29, 1.82) is 0 Å². The fourth-order valence-electron chi connectivity index (χ4n) is 5.29. The molecule has 1 aliphatic heterocycles. The molecular formula is C26H33N5O3. The van der Waals surface area contributed by atoms with E-state index in [4.69, 9.17) is 4.74 Å². The van der Waals surface area contributed by atoms with E-state index in [-0.39, 0.29) is 24.4 Å². The van der Waals surface area contributed by atoms with E-state index in [0.29, 0.717) is 18.4 Å². The Hall–Kier alpha value is -3.13. The lowest BCUT2D eigenvalue weighted by atomic mass is 9.76. The second-order valence-electron chi connectivity index (χ2n) is 10.4. The fraction of sp³-hybridized carbons (Fsp3) is 0.500. The Bertz CT molecular complexity index is 1240. The number of H-pyrrole nitrogens is 2. The van der Waals surface area contributed by atoms with Crippen molar-refractivity contribution in [1.82, 2.24) is 20.1 Å². The highest BCUT2D eigenvalue weighted by Crippen LogP contribution is 2.38. The molecule has 0 spiro atoms. The Morgan fingerprint density at radius 1 is 1.29 bits per heavy atom. The number of methoxy groups -OCH3 is 1. The molecule has 0 radical (unpaired) electrons. The first kappa shape index (κ1) is 22.7. The summed E-state index contributed by atoms with van der Waals surface area (Å²) in [6, 6.07) is 8.03. The zero-order valence-corrected chi connectivity index (χ0v) is 20.4. The molecule has 0 saturated carbocycles. The minimum Gasteiger partial charge on any atom is -0.383 e. The molecule has 3 aromatic rings. The number of amides is 2. The topological polar surface area (TPSA) is 94.3 Å². The number of carbonyl (C=O) groups excluding carboxylic acids is 2. The number of likely N-dealkylation sites (N-methyl/N-ethyl adjacent to an activating group) is 1. The van der Waals surface area contributed by atoms with Crippen LogP contribution in [0.4, 0.5) is 5.69 Å². The number of anilines is 1. The van der Waals surface area contributed by atoms with Gasteiger partial charge < -0.3 is 19.5 Å². The number of hydrogen-bond donors (Lipinski definition) is 2. The molecule has 1 aliphatic carbocycles. The van der Waals surface area contributed by atoms with Crippen LogP contribution in [0.25, 0.3) is 22.3 Å². The van der Waals surface area contributed by atoms with Crippen LogP contribution in [0.5, 0.6) is 0 Å². The first-order valence-corrected chi connectivity index (χ1v) is 12.0. The lowest BCUT2D eigenvalue weighted by molar-refractivity contribution is -0.134. The monoisotopic (exact) mass is 463 g/mol. The van der Waals surface area contributed by atoms with Crippen LogP contribution >= 0.6 is 0 Å². The molecule has 1 fully saturated rings. The highest BCUT2D eigenvalue weighted by Gasteiger charge is 2.33. The van der Waals surface area contributed by atoms with Gasteiger partial charge in [0.05, 0.1) is 18.3 Å². The molecule has 2 aromatic heterocycles. The van der Waals surface area contributed by atoms with Crippen LogP contribution in [0, 0.1) is 5.41 Å². The molecule has 5 rings (SSSR count). The van der Waals surface area contributed by atoms with Gasteiger partial charge in [-0.3, -0.25) is 14.7 Å². The number of aromatic nitrogens is 3. The number of hydrogen-bond acceptors (Lipinski definition) is 4. The quantitative estimate of drug-likeness (QED) is 0.583. The summed E-state index contributed by atoms with van der Waals surface area (Å²) in [7, 11) is 3.37. The standard InChI is InChI=1S/C26H33N5O3/c1-26(2)10-9-19-22(13-26)28-29-25(19)21-11-16-5-6-17(12-20(16)27-21)30(3)24(33)14-31-18(15-34-4)7-8-23(31)32/h5-6,11-12,18,27H,7-10,13-15H2,1-4H3,(H,28,29)/t18-/m0/s1. The highest BCUT2D eigenvalue weighted by molar-refractivity contribution is 5.99. The second-order valence-corrected chi connectivity index (χ2v) is 10.4. The first-order chi connectivity index (χ1) is 16.3. The Balaban J connectivity index is 1.36. The number of benzene rings is 1. The maximum atomic E-state index is 13.0. The second kappa shape index (κ2) is 8.58. The number of nitrogens with one attached hydrogen (secondary N) is 2. The van der Waals surface area contributed by atoms with Crippen molar-refractivity contribution in [2.45, 2.75) is 52.0 Å². The smallest absolute Gasteiger partial charge is 0.246 e. The molecule has 8 heteroatoms. The third-order valence-electron chi connectivity index (χ3n) is 7.40. The van der Waals surface area contributed by atoms with Crippen molar-refractivity contribution >= 4 is 28.4 Å². The molecule has 0 bridgehead atoms. The van der Waals surface area contributed by atoms with Gasteiger partial charge in [-0.2, -0.15) is 5.10 Å². The molecule has 1 saturated heterocycles. The van der Waals surface area contributed by atoms with E-state index in [1.165, 1.54) is 11.3 Å². The molecule has 2 aliphatic rings. The van der Waals surface area contributed by atoms with E-state index in [1.54, 1.807) is 24.0 Å². The number of rotatable bonds is 6. The zero-order valence-electron chi connectivity index (χ0n) is 20.4. The van der Waals surface area contributed by atoms with Gasteiger partial charge in [0.1, 0.15) is 12.2 Å². The minimum atomic E-state index is -0.119. The molecular weight excluding hydrogens is 430 g/mol. The van der Waals surface area contributed by atoms with Gasteiger partial charge in [-0.25, -0.2) is 0 Å². The maximum absolute atomic E-state index is 13.0. The Morgan fingerprint density at radius 2 is 2.12 bits per heavy atom. The Kier molecular flexibility index (Phi) is 5.72. The fourth-order valence-corrected chi connectivity index (χ4v) is 5.29. The van der Waals surface area contributed by atoms with Gasteiger partial charge in [0.25, 0.3) is 0 Å². The zero-order chi connectivity index (χ0) is 24.0. The normalized spacial score (nSPS) is 19.6. The van der Waals surface area contributed by atoms with Crippen molar-refractivity contribution in [2.24, 2.45) is 5.41 Å². The Morgan fingerprint density at radius 3 is 2.91 bits per heavy atom. The van der Waals surface area contributed by atoms with E-state index >= 15 is 0 Å². The van der Waals surface area contributed by atoms with Gasteiger partial charge >= 0.3 is 0 Å². The van der Waals surface area contributed by atoms with Gasteiger partial charge in [0, 0.05) is 48.4 Å². The number of likely N-dealkylation sites (tertiary alicyclic amines) is 1. The van der Waals surface area contributed by atoms with Gasteiger partial charge in [-0.05, 0) is 49.3 Å². The highest BCUT2D eigenvalue weighted by atomic mass is 16.5. The number of carbonyl (C=O) groups is 2. The third kappa shape index (κ3) is 4.11. The molecule has 0 unspecified atom stereocenters. The van der Waals surface area contributed by atoms with Gasteiger partial charge in [-0.1, -0.05) is 19.9 Å². The molecule has 1 atom stereocenters. The molecule has 180 valence electrons. The Labute approximate surface area is 199 Å². The summed E-state index contributed by atoms with van der Waals surface area (Å²) < 4.78 is 5.23. The summed E-state index contributed by atoms with van der Waals surface area (Å²) in [5.74, 6) is -0.106. The molecule has 2 N–H and O–H groups in total. The average Bonchev–Trinajstić information content (AvgIpc) is 3.49. The summed E-state index contributed by atoms with van der Waals surface area (Å²) in [4.78, 5) is 32.0. The van der Waals surface area contributed by atoms with E-state index in [1.807, 2.05) is 18.2 Å². The van der Waals surface area contributed by atoms with Crippen LogP contribution in [0.2, 0.25) is 0 Å². The summed E-state index contributed by atoms with van der Waals surface area (Å²) >= 11 is 0. The number of aromatic amines is 2. The summed E-state index contributed by atoms with van der Waals surface area (Å²) in [5.41, 5.74) is 6.56. The number of nitrogens with zero attached hydrogens (tertiary/aromatic N) is 3. The maximum Gasteiger partial charge on any atom is 0.246 e. The summed E-state index contributed by atoms with van der Waals surface area (Å²) in [6.45, 7) is 5.12. The molecule has 34 heavy (non-hydrogen) atoms. The van der Waals surface area contributed by atoms with Crippen LogP contribution in [0.1, 0.15) is 44.4 Å². The number of fused-ring (bicyclic) bond motifs is 2. The van der Waals surface area contributed by atoms with Crippen molar-refractivity contribution in [3.63, 3.8) is 0 Å². The molecule has 3 heterocycles. The molecule has 2 amide bonds. The predicted octanol–water partition coefficient (Wildman–Crippen LogP) is 3.67. The summed E-state index contributed by atoms with van der Waals surface area (Å²) in [6.07, 6.45) is 4.38. The van der Waals surface area contributed by atoms with Crippen LogP contribution in [0.3, 0.4) is 0 Å². The van der Waals surface area contributed by atoms with Crippen LogP contribution in [0.15, 0.2) is 24.3 Å².